The van der Waals surface area contributed by atoms with Crippen molar-refractivity contribution < 1.29 is 9.90 Å². The van der Waals surface area contributed by atoms with E-state index in [-0.39, 0.29) is 11.9 Å². The van der Waals surface area contributed by atoms with Crippen LogP contribution in [0.5, 0.6) is 0 Å². The van der Waals surface area contributed by atoms with Crippen LogP contribution in [-0.2, 0) is 4.79 Å². The van der Waals surface area contributed by atoms with Gasteiger partial charge in [-0.3, -0.25) is 9.69 Å². The number of halogens is 2. The van der Waals surface area contributed by atoms with Crippen molar-refractivity contribution in [3.8, 4) is 0 Å². The van der Waals surface area contributed by atoms with E-state index >= 15 is 0 Å². The van der Waals surface area contributed by atoms with Crippen LogP contribution in [0.1, 0.15) is 30.2 Å². The Morgan fingerprint density at radius 3 is 2.06 bits per heavy atom. The number of nitrogens with zero attached hydrogens (tertiary/aromatic N) is 2. The number of aliphatic hydroxyl groups excluding tert-OH is 1. The molecule has 7 heteroatoms. The van der Waals surface area contributed by atoms with E-state index < -0.39 is 12.0 Å². The third-order valence-electron chi connectivity index (χ3n) is 5.79. The summed E-state index contributed by atoms with van der Waals surface area (Å²) in [6, 6.07) is 23.7. The Morgan fingerprint density at radius 2 is 1.47 bits per heavy atom. The molecule has 164 valence electrons. The second-order valence-corrected chi connectivity index (χ2v) is 9.01. The van der Waals surface area contributed by atoms with E-state index in [1.54, 1.807) is 48.5 Å². The Kier molecular flexibility index (Phi) is 6.82. The van der Waals surface area contributed by atoms with Gasteiger partial charge >= 0.3 is 0 Å². The number of anilines is 1. The third kappa shape index (κ3) is 4.52. The smallest absolute Gasteiger partial charge is 0.241 e. The molecular weight excluding hydrogens is 463 g/mol. The van der Waals surface area contributed by atoms with Gasteiger partial charge in [-0.15, -0.1) is 0 Å². The Hall–Kier alpha value is -2.44. The van der Waals surface area contributed by atoms with E-state index in [2.05, 4.69) is 0 Å². The maximum atomic E-state index is 13.6. The van der Waals surface area contributed by atoms with Crippen LogP contribution in [0.25, 0.3) is 0 Å². The summed E-state index contributed by atoms with van der Waals surface area (Å²) in [5, 5.41) is 12.7. The molecule has 32 heavy (non-hydrogen) atoms. The minimum atomic E-state index is -1.01. The van der Waals surface area contributed by atoms with Crippen LogP contribution >= 0.6 is 35.4 Å². The average Bonchev–Trinajstić information content (AvgIpc) is 2.81. The van der Waals surface area contributed by atoms with E-state index in [9.17, 15) is 9.90 Å². The summed E-state index contributed by atoms with van der Waals surface area (Å²) >= 11 is 17.9. The fraction of sp³-hybridized carbons (Fsp3) is 0.200. The minimum Gasteiger partial charge on any atom is -0.388 e. The molecule has 1 aliphatic heterocycles. The van der Waals surface area contributed by atoms with Gasteiger partial charge in [-0.1, -0.05) is 65.7 Å². The van der Waals surface area contributed by atoms with E-state index in [0.29, 0.717) is 33.0 Å². The highest BCUT2D eigenvalue weighted by Gasteiger charge is 2.43. The lowest BCUT2D eigenvalue weighted by Gasteiger charge is -2.45. The van der Waals surface area contributed by atoms with Gasteiger partial charge in [0.05, 0.1) is 23.8 Å². The van der Waals surface area contributed by atoms with Crippen molar-refractivity contribution in [2.75, 3.05) is 11.4 Å². The van der Waals surface area contributed by atoms with Gasteiger partial charge in [0.1, 0.15) is 0 Å². The predicted molar refractivity (Wildman–Crippen MR) is 133 cm³/mol. The molecule has 4 nitrogen and oxygen atoms in total. The van der Waals surface area contributed by atoms with E-state index in [0.717, 1.165) is 5.56 Å². The summed E-state index contributed by atoms with van der Waals surface area (Å²) in [5.41, 5.74) is 2.31. The van der Waals surface area contributed by atoms with Crippen molar-refractivity contribution in [1.82, 2.24) is 4.90 Å². The van der Waals surface area contributed by atoms with Crippen molar-refractivity contribution in [2.24, 2.45) is 5.92 Å². The van der Waals surface area contributed by atoms with E-state index in [1.807, 2.05) is 42.2 Å². The summed E-state index contributed by atoms with van der Waals surface area (Å²) in [5.74, 6) is -0.971. The molecule has 1 N–H and O–H groups in total. The molecule has 0 aliphatic carbocycles. The van der Waals surface area contributed by atoms with Crippen molar-refractivity contribution in [2.45, 2.75) is 19.1 Å². The average molecular weight is 485 g/mol. The van der Waals surface area contributed by atoms with E-state index in [4.69, 9.17) is 35.4 Å². The number of benzene rings is 3. The molecule has 1 saturated heterocycles. The van der Waals surface area contributed by atoms with Crippen LogP contribution in [0.3, 0.4) is 0 Å². The number of aliphatic hydroxyl groups is 1. The number of amides is 1. The molecule has 4 rings (SSSR count). The second kappa shape index (κ2) is 9.59. The molecule has 0 saturated carbocycles. The number of hydrogen-bond acceptors (Lipinski definition) is 3. The first-order valence-corrected chi connectivity index (χ1v) is 11.4. The number of rotatable bonds is 5. The highest BCUT2D eigenvalue weighted by molar-refractivity contribution is 7.80. The lowest BCUT2D eigenvalue weighted by atomic mass is 9.91. The summed E-state index contributed by atoms with van der Waals surface area (Å²) < 4.78 is 0. The molecule has 0 aromatic heterocycles. The zero-order valence-corrected chi connectivity index (χ0v) is 19.7. The van der Waals surface area contributed by atoms with Crippen molar-refractivity contribution in [1.29, 1.82) is 0 Å². The Morgan fingerprint density at radius 1 is 0.906 bits per heavy atom. The van der Waals surface area contributed by atoms with Crippen LogP contribution in [0, 0.1) is 5.92 Å². The lowest BCUT2D eigenvalue weighted by molar-refractivity contribution is -0.127. The highest BCUT2D eigenvalue weighted by Crippen LogP contribution is 2.36. The fourth-order valence-electron chi connectivity index (χ4n) is 3.95. The monoisotopic (exact) mass is 484 g/mol. The molecule has 1 aliphatic rings. The molecule has 1 fully saturated rings. The molecule has 1 amide bonds. The number of hydrogen-bond donors (Lipinski definition) is 1. The van der Waals surface area contributed by atoms with Crippen molar-refractivity contribution in [3.05, 3.63) is 100 Å². The summed E-state index contributed by atoms with van der Waals surface area (Å²) in [6.45, 7) is 2.34. The van der Waals surface area contributed by atoms with Crippen LogP contribution in [0.15, 0.2) is 78.9 Å². The van der Waals surface area contributed by atoms with Gasteiger partial charge in [0, 0.05) is 16.6 Å². The van der Waals surface area contributed by atoms with Crippen LogP contribution in [0.2, 0.25) is 10.0 Å². The number of carbonyl (C=O) groups is 1. The molecule has 3 aromatic rings. The van der Waals surface area contributed by atoms with Gasteiger partial charge in [0.25, 0.3) is 0 Å². The normalized spacial score (nSPS) is 18.6. The van der Waals surface area contributed by atoms with Crippen LogP contribution < -0.4 is 4.90 Å². The van der Waals surface area contributed by atoms with Crippen LogP contribution in [-0.4, -0.2) is 27.6 Å². The van der Waals surface area contributed by atoms with Crippen LogP contribution in [0.4, 0.5) is 5.69 Å². The quantitative estimate of drug-likeness (QED) is 0.448. The maximum absolute atomic E-state index is 13.6. The minimum absolute atomic E-state index is 0.0912. The molecule has 3 aromatic carbocycles. The summed E-state index contributed by atoms with van der Waals surface area (Å²) in [7, 11) is 0. The topological polar surface area (TPSA) is 43.8 Å². The first-order chi connectivity index (χ1) is 15.4. The molecule has 0 radical (unpaired) electrons. The number of thiocarbonyl (C=S) groups is 1. The molecule has 0 bridgehead atoms. The molecule has 1 heterocycles. The number of carbonyl (C=O) groups excluding carboxylic acids is 1. The zero-order chi connectivity index (χ0) is 22.8. The van der Waals surface area contributed by atoms with Gasteiger partial charge in [-0.2, -0.15) is 0 Å². The zero-order valence-electron chi connectivity index (χ0n) is 17.4. The molecular formula is C25H22Cl2N2O2S. The van der Waals surface area contributed by atoms with E-state index in [1.165, 1.54) is 4.90 Å². The predicted octanol–water partition coefficient (Wildman–Crippen LogP) is 6.04. The highest BCUT2D eigenvalue weighted by atomic mass is 35.5. The molecule has 0 unspecified atom stereocenters. The van der Waals surface area contributed by atoms with Gasteiger partial charge in [-0.25, -0.2) is 0 Å². The first kappa shape index (κ1) is 22.7. The van der Waals surface area contributed by atoms with Gasteiger partial charge < -0.3 is 10.0 Å². The summed E-state index contributed by atoms with van der Waals surface area (Å²) in [4.78, 5) is 17.1. The first-order valence-electron chi connectivity index (χ1n) is 10.3. The summed E-state index contributed by atoms with van der Waals surface area (Å²) in [6.07, 6.45) is -1.01. The maximum Gasteiger partial charge on any atom is 0.241 e. The van der Waals surface area contributed by atoms with Gasteiger partial charge in [0.2, 0.25) is 5.91 Å². The fourth-order valence-corrected chi connectivity index (χ4v) is 4.63. The molecule has 3 atom stereocenters. The standard InChI is InChI=1S/C25H22Cl2N2O2S/c1-16(17-5-3-2-4-6-17)28-15-22(23(30)18-7-9-19(26)10-8-18)24(31)29(25(28)32)21-13-11-20(27)12-14-21/h2-14,16,22-23,30H,15H2,1H3/t16-,22+,23+/m0/s1. The lowest BCUT2D eigenvalue weighted by Crippen LogP contribution is -2.58. The Bertz CT molecular complexity index is 1110. The SMILES string of the molecule is C[C@@H](c1ccccc1)N1C[C@H]([C@H](O)c2ccc(Cl)cc2)C(=O)N(c2ccc(Cl)cc2)C1=S. The van der Waals surface area contributed by atoms with Gasteiger partial charge in [-0.05, 0) is 66.7 Å². The largest absolute Gasteiger partial charge is 0.388 e. The Labute approximate surface area is 203 Å². The molecule has 0 spiro atoms. The third-order valence-corrected chi connectivity index (χ3v) is 6.72. The second-order valence-electron chi connectivity index (χ2n) is 7.77. The van der Waals surface area contributed by atoms with Crippen molar-refractivity contribution in [3.63, 3.8) is 0 Å². The Balaban J connectivity index is 1.74. The van der Waals surface area contributed by atoms with Gasteiger partial charge in [0.15, 0.2) is 5.11 Å². The van der Waals surface area contributed by atoms with Crippen molar-refractivity contribution >= 4 is 52.1 Å².